The van der Waals surface area contributed by atoms with Gasteiger partial charge in [0.1, 0.15) is 0 Å². The number of alkyl halides is 3. The molecular formula is C27H36F3N3O2S. The Hall–Kier alpha value is -2.10. The van der Waals surface area contributed by atoms with Crippen molar-refractivity contribution in [2.24, 2.45) is 5.92 Å². The first-order chi connectivity index (χ1) is 17.0. The fraction of sp³-hybridized carbons (Fsp3) is 0.556. The van der Waals surface area contributed by atoms with Gasteiger partial charge >= 0.3 is 6.18 Å². The highest BCUT2D eigenvalue weighted by Gasteiger charge is 2.38. The molecule has 0 spiro atoms. The first-order valence-corrected chi connectivity index (χ1v) is 14.6. The summed E-state index contributed by atoms with van der Waals surface area (Å²) in [5.41, 5.74) is 2.09. The molecular weight excluding hydrogens is 487 g/mol. The lowest BCUT2D eigenvalue weighted by atomic mass is 9.88. The molecule has 0 amide bonds. The highest BCUT2D eigenvalue weighted by molar-refractivity contribution is 7.90. The standard InChI is InChI=1S/C27H36F3N3O2S/c1-3-23-16-21(12-13-33(23)20-27(28,29)30)18-32-15-14-31(19-26(32)22-8-5-4-6-9-22)24-10-7-11-25(17-24)36(2,34)35/h4-11,17,21,23,26H,3,12-16,18-20H2,1-2H3/t21-,23+,26-/m0/s1. The maximum absolute atomic E-state index is 13.0. The van der Waals surface area contributed by atoms with Gasteiger partial charge in [0.25, 0.3) is 0 Å². The molecule has 36 heavy (non-hydrogen) atoms. The number of hydrogen-bond acceptors (Lipinski definition) is 5. The van der Waals surface area contributed by atoms with Crippen LogP contribution in [-0.2, 0) is 9.84 Å². The number of benzene rings is 2. The minimum atomic E-state index is -4.16. The fourth-order valence-electron chi connectivity index (χ4n) is 5.72. The van der Waals surface area contributed by atoms with Gasteiger partial charge < -0.3 is 4.90 Å². The molecule has 0 aromatic heterocycles. The summed E-state index contributed by atoms with van der Waals surface area (Å²) in [7, 11) is -3.29. The van der Waals surface area contributed by atoms with Gasteiger partial charge in [-0.2, -0.15) is 13.2 Å². The van der Waals surface area contributed by atoms with Crippen molar-refractivity contribution in [2.45, 2.75) is 49.3 Å². The third kappa shape index (κ3) is 6.81. The molecule has 5 nitrogen and oxygen atoms in total. The van der Waals surface area contributed by atoms with Gasteiger partial charge in [-0.05, 0) is 55.5 Å². The molecule has 3 atom stereocenters. The highest BCUT2D eigenvalue weighted by atomic mass is 32.2. The topological polar surface area (TPSA) is 43.9 Å². The van der Waals surface area contributed by atoms with Crippen LogP contribution < -0.4 is 4.90 Å². The quantitative estimate of drug-likeness (QED) is 0.511. The molecule has 0 N–H and O–H groups in total. The third-order valence-corrected chi connectivity index (χ3v) is 8.69. The van der Waals surface area contributed by atoms with Crippen molar-refractivity contribution in [3.05, 3.63) is 60.2 Å². The molecule has 0 aliphatic carbocycles. The van der Waals surface area contributed by atoms with Crippen molar-refractivity contribution in [3.8, 4) is 0 Å². The zero-order valence-electron chi connectivity index (χ0n) is 21.0. The predicted molar refractivity (Wildman–Crippen MR) is 137 cm³/mol. The molecule has 2 aliphatic heterocycles. The summed E-state index contributed by atoms with van der Waals surface area (Å²) in [5, 5.41) is 0. The Morgan fingerprint density at radius 2 is 1.72 bits per heavy atom. The van der Waals surface area contributed by atoms with Crippen LogP contribution in [-0.4, -0.2) is 76.0 Å². The van der Waals surface area contributed by atoms with Gasteiger partial charge in [0.05, 0.1) is 17.5 Å². The molecule has 0 bridgehead atoms. The smallest absolute Gasteiger partial charge is 0.368 e. The van der Waals surface area contributed by atoms with Crippen LogP contribution in [0.2, 0.25) is 0 Å². The number of piperidine rings is 1. The number of rotatable bonds is 7. The molecule has 2 aliphatic rings. The Bertz CT molecular complexity index is 1110. The molecule has 4 rings (SSSR count). The number of halogens is 3. The van der Waals surface area contributed by atoms with E-state index in [0.29, 0.717) is 17.4 Å². The van der Waals surface area contributed by atoms with E-state index in [1.54, 1.807) is 23.1 Å². The lowest BCUT2D eigenvalue weighted by Gasteiger charge is -2.46. The molecule has 2 aromatic carbocycles. The number of piperazine rings is 1. The number of anilines is 1. The van der Waals surface area contributed by atoms with Crippen molar-refractivity contribution in [1.82, 2.24) is 9.80 Å². The highest BCUT2D eigenvalue weighted by Crippen LogP contribution is 2.34. The first kappa shape index (κ1) is 26.9. The summed E-state index contributed by atoms with van der Waals surface area (Å²) in [6.07, 6.45) is -0.668. The van der Waals surface area contributed by atoms with Gasteiger partial charge in [-0.15, -0.1) is 0 Å². The molecule has 0 radical (unpaired) electrons. The van der Waals surface area contributed by atoms with E-state index in [4.69, 9.17) is 0 Å². The van der Waals surface area contributed by atoms with Crippen LogP contribution >= 0.6 is 0 Å². The van der Waals surface area contributed by atoms with Crippen LogP contribution in [0.3, 0.4) is 0 Å². The van der Waals surface area contributed by atoms with Gasteiger partial charge in [0, 0.05) is 44.2 Å². The number of likely N-dealkylation sites (tertiary alicyclic amines) is 1. The Labute approximate surface area is 212 Å². The maximum Gasteiger partial charge on any atom is 0.401 e. The normalized spacial score (nSPS) is 24.7. The minimum absolute atomic E-state index is 0.0411. The van der Waals surface area contributed by atoms with E-state index in [9.17, 15) is 21.6 Å². The third-order valence-electron chi connectivity index (χ3n) is 7.58. The number of nitrogens with zero attached hydrogens (tertiary/aromatic N) is 3. The zero-order chi connectivity index (χ0) is 25.9. The Morgan fingerprint density at radius 1 is 0.972 bits per heavy atom. The van der Waals surface area contributed by atoms with Crippen molar-refractivity contribution < 1.29 is 21.6 Å². The molecule has 198 valence electrons. The van der Waals surface area contributed by atoms with Gasteiger partial charge in [-0.3, -0.25) is 9.80 Å². The van der Waals surface area contributed by atoms with Gasteiger partial charge in [-0.25, -0.2) is 8.42 Å². The molecule has 0 saturated carbocycles. The van der Waals surface area contributed by atoms with Crippen LogP contribution in [0.25, 0.3) is 0 Å². The van der Waals surface area contributed by atoms with E-state index in [1.807, 2.05) is 31.2 Å². The molecule has 2 heterocycles. The van der Waals surface area contributed by atoms with Crippen LogP contribution in [0.1, 0.15) is 37.8 Å². The van der Waals surface area contributed by atoms with E-state index in [-0.39, 0.29) is 12.1 Å². The van der Waals surface area contributed by atoms with Crippen LogP contribution in [0.4, 0.5) is 18.9 Å². The average molecular weight is 524 g/mol. The van der Waals surface area contributed by atoms with Crippen molar-refractivity contribution in [3.63, 3.8) is 0 Å². The van der Waals surface area contributed by atoms with Crippen molar-refractivity contribution >= 4 is 15.5 Å². The summed E-state index contributed by atoms with van der Waals surface area (Å²) in [6, 6.07) is 17.5. The zero-order valence-corrected chi connectivity index (χ0v) is 21.8. The monoisotopic (exact) mass is 523 g/mol. The van der Waals surface area contributed by atoms with Gasteiger partial charge in [0.15, 0.2) is 9.84 Å². The largest absolute Gasteiger partial charge is 0.401 e. The van der Waals surface area contributed by atoms with E-state index in [2.05, 4.69) is 21.9 Å². The van der Waals surface area contributed by atoms with Gasteiger partial charge in [-0.1, -0.05) is 43.3 Å². The Morgan fingerprint density at radius 3 is 2.39 bits per heavy atom. The van der Waals surface area contributed by atoms with E-state index >= 15 is 0 Å². The molecule has 2 fully saturated rings. The molecule has 2 saturated heterocycles. The summed E-state index contributed by atoms with van der Waals surface area (Å²) >= 11 is 0. The molecule has 2 aromatic rings. The van der Waals surface area contributed by atoms with E-state index in [1.165, 1.54) is 11.8 Å². The number of sulfone groups is 1. The Kier molecular flexibility index (Phi) is 8.32. The first-order valence-electron chi connectivity index (χ1n) is 12.7. The number of hydrogen-bond donors (Lipinski definition) is 0. The molecule has 0 unspecified atom stereocenters. The van der Waals surface area contributed by atoms with Crippen molar-refractivity contribution in [1.29, 1.82) is 0 Å². The van der Waals surface area contributed by atoms with E-state index in [0.717, 1.165) is 51.1 Å². The summed E-state index contributed by atoms with van der Waals surface area (Å²) in [5.74, 6) is 0.353. The SMILES string of the molecule is CC[C@@H]1C[C@@H](CN2CCN(c3cccc(S(C)(=O)=O)c3)C[C@H]2c2ccccc2)CCN1CC(F)(F)F. The second kappa shape index (κ2) is 11.1. The maximum atomic E-state index is 13.0. The second-order valence-electron chi connectivity index (χ2n) is 10.2. The fourth-order valence-corrected chi connectivity index (χ4v) is 6.38. The van der Waals surface area contributed by atoms with E-state index < -0.39 is 22.6 Å². The van der Waals surface area contributed by atoms with Crippen molar-refractivity contribution in [2.75, 3.05) is 50.4 Å². The Balaban J connectivity index is 1.49. The minimum Gasteiger partial charge on any atom is -0.368 e. The van der Waals surface area contributed by atoms with Crippen LogP contribution in [0.15, 0.2) is 59.5 Å². The second-order valence-corrected chi connectivity index (χ2v) is 12.2. The average Bonchev–Trinajstić information content (AvgIpc) is 2.84. The van der Waals surface area contributed by atoms with Gasteiger partial charge in [0.2, 0.25) is 0 Å². The summed E-state index contributed by atoms with van der Waals surface area (Å²) in [6.45, 7) is 4.79. The lowest BCUT2D eigenvalue weighted by Crippen LogP contribution is -2.52. The summed E-state index contributed by atoms with van der Waals surface area (Å²) < 4.78 is 63.3. The van der Waals surface area contributed by atoms with Crippen LogP contribution in [0, 0.1) is 5.92 Å². The molecule has 9 heteroatoms. The lowest BCUT2D eigenvalue weighted by molar-refractivity contribution is -0.155. The predicted octanol–water partition coefficient (Wildman–Crippen LogP) is 5.01. The summed E-state index contributed by atoms with van der Waals surface area (Å²) in [4.78, 5) is 6.64. The van der Waals surface area contributed by atoms with Crippen LogP contribution in [0.5, 0.6) is 0 Å².